The molecule has 3 aromatic rings. The van der Waals surface area contributed by atoms with Gasteiger partial charge in [0.05, 0.1) is 11.1 Å². The Hall–Kier alpha value is -2.38. The molecule has 0 fully saturated rings. The molecule has 29 heavy (non-hydrogen) atoms. The van der Waals surface area contributed by atoms with Crippen LogP contribution in [0.2, 0.25) is 0 Å². The van der Waals surface area contributed by atoms with E-state index in [9.17, 15) is 9.59 Å². The van der Waals surface area contributed by atoms with Gasteiger partial charge in [-0.05, 0) is 37.3 Å². The van der Waals surface area contributed by atoms with Gasteiger partial charge in [0.2, 0.25) is 5.91 Å². The van der Waals surface area contributed by atoms with E-state index >= 15 is 0 Å². The summed E-state index contributed by atoms with van der Waals surface area (Å²) in [4.78, 5) is 32.2. The number of amides is 1. The summed E-state index contributed by atoms with van der Waals surface area (Å²) >= 11 is 2.92. The van der Waals surface area contributed by atoms with Gasteiger partial charge in [0.15, 0.2) is 5.16 Å². The van der Waals surface area contributed by atoms with E-state index in [0.717, 1.165) is 35.0 Å². The molecular formula is C22H23N3O2S2. The fourth-order valence-corrected chi connectivity index (χ4v) is 5.69. The molecule has 4 rings (SSSR count). The third kappa shape index (κ3) is 4.16. The number of fused-ring (bicyclic) bond motifs is 3. The Morgan fingerprint density at radius 2 is 2.14 bits per heavy atom. The molecule has 0 aliphatic heterocycles. The van der Waals surface area contributed by atoms with Gasteiger partial charge in [0, 0.05) is 18.0 Å². The van der Waals surface area contributed by atoms with Gasteiger partial charge in [-0.3, -0.25) is 14.2 Å². The average molecular weight is 426 g/mol. The molecule has 2 aromatic heterocycles. The van der Waals surface area contributed by atoms with Gasteiger partial charge >= 0.3 is 0 Å². The Morgan fingerprint density at radius 1 is 1.34 bits per heavy atom. The van der Waals surface area contributed by atoms with Crippen molar-refractivity contribution in [3.63, 3.8) is 0 Å². The summed E-state index contributed by atoms with van der Waals surface area (Å²) in [6.45, 7) is 6.68. The van der Waals surface area contributed by atoms with Gasteiger partial charge in [-0.2, -0.15) is 0 Å². The van der Waals surface area contributed by atoms with E-state index in [1.165, 1.54) is 27.8 Å². The summed E-state index contributed by atoms with van der Waals surface area (Å²) in [5, 5.41) is 4.27. The van der Waals surface area contributed by atoms with Crippen LogP contribution in [0.25, 0.3) is 10.2 Å². The highest BCUT2D eigenvalue weighted by Gasteiger charge is 2.23. The van der Waals surface area contributed by atoms with E-state index in [1.54, 1.807) is 22.0 Å². The molecule has 5 nitrogen and oxygen atoms in total. The highest BCUT2D eigenvalue weighted by molar-refractivity contribution is 7.99. The average Bonchev–Trinajstić information content (AvgIpc) is 3.29. The number of carbonyl (C=O) groups excluding carboxylic acids is 1. The Bertz CT molecular complexity index is 1130. The molecule has 1 N–H and O–H groups in total. The number of aromatic nitrogens is 2. The van der Waals surface area contributed by atoms with Crippen LogP contribution >= 0.6 is 23.1 Å². The smallest absolute Gasteiger partial charge is 0.263 e. The minimum Gasteiger partial charge on any atom is -0.351 e. The first kappa shape index (κ1) is 19.9. The number of hydrogen-bond acceptors (Lipinski definition) is 5. The molecule has 0 unspecified atom stereocenters. The molecule has 0 radical (unpaired) electrons. The Morgan fingerprint density at radius 3 is 2.90 bits per heavy atom. The number of nitrogens with zero attached hydrogens (tertiary/aromatic N) is 2. The van der Waals surface area contributed by atoms with Crippen molar-refractivity contribution in [3.05, 3.63) is 68.8 Å². The third-order valence-corrected chi connectivity index (χ3v) is 7.21. The maximum absolute atomic E-state index is 13.1. The van der Waals surface area contributed by atoms with E-state index in [1.807, 2.05) is 31.2 Å². The second kappa shape index (κ2) is 8.55. The van der Waals surface area contributed by atoms with Gasteiger partial charge in [-0.15, -0.1) is 17.9 Å². The molecule has 2 heterocycles. The molecule has 1 amide bonds. The molecule has 7 heteroatoms. The summed E-state index contributed by atoms with van der Waals surface area (Å²) in [6.07, 6.45) is 4.79. The lowest BCUT2D eigenvalue weighted by Gasteiger charge is -2.11. The fraction of sp³-hybridized carbons (Fsp3) is 0.318. The summed E-state index contributed by atoms with van der Waals surface area (Å²) in [6, 6.07) is 8.08. The first-order chi connectivity index (χ1) is 14.1. The molecule has 150 valence electrons. The quantitative estimate of drug-likeness (QED) is 0.355. The van der Waals surface area contributed by atoms with Gasteiger partial charge < -0.3 is 5.32 Å². The van der Waals surface area contributed by atoms with Gasteiger partial charge in [-0.25, -0.2) is 4.98 Å². The molecule has 1 aromatic carbocycles. The van der Waals surface area contributed by atoms with E-state index in [4.69, 9.17) is 4.98 Å². The van der Waals surface area contributed by atoms with Crippen LogP contribution in [0, 0.1) is 6.92 Å². The van der Waals surface area contributed by atoms with Crippen LogP contribution in [-0.2, 0) is 30.7 Å². The molecule has 0 saturated heterocycles. The number of hydrogen-bond donors (Lipinski definition) is 1. The minimum atomic E-state index is -0.0799. The van der Waals surface area contributed by atoms with Crippen LogP contribution in [0.3, 0.4) is 0 Å². The summed E-state index contributed by atoms with van der Waals surface area (Å²) in [5.41, 5.74) is 3.41. The normalized spacial score (nSPS) is 12.9. The third-order valence-electron chi connectivity index (χ3n) is 5.04. The molecule has 0 saturated carbocycles. The number of allylic oxidation sites excluding steroid dienone is 1. The summed E-state index contributed by atoms with van der Waals surface area (Å²) in [7, 11) is 0. The molecule has 0 bridgehead atoms. The van der Waals surface area contributed by atoms with Crippen LogP contribution in [0.4, 0.5) is 0 Å². The lowest BCUT2D eigenvalue weighted by atomic mass is 10.1. The van der Waals surface area contributed by atoms with Crippen LogP contribution in [-0.4, -0.2) is 21.2 Å². The number of rotatable bonds is 7. The Labute approximate surface area is 177 Å². The maximum Gasteiger partial charge on any atom is 0.263 e. The van der Waals surface area contributed by atoms with Crippen molar-refractivity contribution in [2.75, 3.05) is 5.75 Å². The zero-order chi connectivity index (χ0) is 20.4. The first-order valence-corrected chi connectivity index (χ1v) is 11.5. The van der Waals surface area contributed by atoms with E-state index < -0.39 is 0 Å². The number of carbonyl (C=O) groups is 1. The second-order valence-electron chi connectivity index (χ2n) is 7.19. The van der Waals surface area contributed by atoms with E-state index in [2.05, 4.69) is 11.9 Å². The molecular weight excluding hydrogens is 402 g/mol. The lowest BCUT2D eigenvalue weighted by Crippen LogP contribution is -2.26. The van der Waals surface area contributed by atoms with Crippen LogP contribution in [0.15, 0.2) is 46.9 Å². The highest BCUT2D eigenvalue weighted by Crippen LogP contribution is 2.35. The zero-order valence-electron chi connectivity index (χ0n) is 16.4. The topological polar surface area (TPSA) is 64.0 Å². The van der Waals surface area contributed by atoms with Gasteiger partial charge in [0.25, 0.3) is 5.56 Å². The van der Waals surface area contributed by atoms with Crippen LogP contribution in [0.1, 0.15) is 28.0 Å². The number of nitrogens with one attached hydrogen (secondary N) is 1. The van der Waals surface area contributed by atoms with Crippen molar-refractivity contribution in [1.29, 1.82) is 0 Å². The maximum atomic E-state index is 13.1. The monoisotopic (exact) mass is 425 g/mol. The summed E-state index contributed by atoms with van der Waals surface area (Å²) < 4.78 is 1.64. The minimum absolute atomic E-state index is 0.0168. The van der Waals surface area contributed by atoms with E-state index in [-0.39, 0.29) is 17.2 Å². The van der Waals surface area contributed by atoms with Crippen molar-refractivity contribution in [2.45, 2.75) is 44.4 Å². The SMILES string of the molecule is C=CCn1c(SCC(=O)NCc2ccc(C)cc2)nc2sc3c(c2c1=O)CCC3. The molecule has 0 spiro atoms. The summed E-state index contributed by atoms with van der Waals surface area (Å²) in [5.74, 6) is 0.134. The van der Waals surface area contributed by atoms with Crippen LogP contribution in [0.5, 0.6) is 0 Å². The molecule has 0 atom stereocenters. The number of thioether (sulfide) groups is 1. The number of benzene rings is 1. The number of thiophene rings is 1. The number of aryl methyl sites for hydroxylation is 3. The Kier molecular flexibility index (Phi) is 5.87. The van der Waals surface area contributed by atoms with Gasteiger partial charge in [0.1, 0.15) is 4.83 Å². The predicted molar refractivity (Wildman–Crippen MR) is 120 cm³/mol. The van der Waals surface area contributed by atoms with E-state index in [0.29, 0.717) is 18.2 Å². The predicted octanol–water partition coefficient (Wildman–Crippen LogP) is 3.85. The lowest BCUT2D eigenvalue weighted by molar-refractivity contribution is -0.118. The largest absolute Gasteiger partial charge is 0.351 e. The first-order valence-electron chi connectivity index (χ1n) is 9.68. The second-order valence-corrected chi connectivity index (χ2v) is 9.21. The molecule has 1 aliphatic carbocycles. The van der Waals surface area contributed by atoms with Crippen molar-refractivity contribution >= 4 is 39.2 Å². The highest BCUT2D eigenvalue weighted by atomic mass is 32.2. The zero-order valence-corrected chi connectivity index (χ0v) is 18.0. The standard InChI is InChI=1S/C22H23N3O2S2/c1-3-11-25-21(27)19-16-5-4-6-17(16)29-20(19)24-22(25)28-13-18(26)23-12-15-9-7-14(2)8-10-15/h3,7-10H,1,4-6,11-13H2,2H3,(H,23,26). The Balaban J connectivity index is 1.50. The van der Waals surface area contributed by atoms with Crippen molar-refractivity contribution in [2.24, 2.45) is 0 Å². The van der Waals surface area contributed by atoms with Crippen LogP contribution < -0.4 is 10.9 Å². The van der Waals surface area contributed by atoms with Gasteiger partial charge in [-0.1, -0.05) is 47.7 Å². The fourth-order valence-electron chi connectivity index (χ4n) is 3.55. The van der Waals surface area contributed by atoms with Crippen molar-refractivity contribution in [1.82, 2.24) is 14.9 Å². The van der Waals surface area contributed by atoms with Crippen molar-refractivity contribution in [3.8, 4) is 0 Å². The van der Waals surface area contributed by atoms with Crippen molar-refractivity contribution < 1.29 is 4.79 Å². The molecule has 1 aliphatic rings.